The molecule has 1 aromatic carbocycles. The summed E-state index contributed by atoms with van der Waals surface area (Å²) in [5.74, 6) is 0.159. The summed E-state index contributed by atoms with van der Waals surface area (Å²) < 4.78 is 0. The highest BCUT2D eigenvalue weighted by Crippen LogP contribution is 2.19. The molecule has 1 saturated heterocycles. The zero-order valence-electron chi connectivity index (χ0n) is 14.3. The molecule has 0 spiro atoms. The largest absolute Gasteiger partial charge is 0.341 e. The topological polar surface area (TPSA) is 75.4 Å². The van der Waals surface area contributed by atoms with Gasteiger partial charge in [-0.05, 0) is 49.1 Å². The Bertz CT molecular complexity index is 576. The molecule has 2 amide bonds. The lowest BCUT2D eigenvalue weighted by Gasteiger charge is -2.28. The molecule has 1 heterocycles. The van der Waals surface area contributed by atoms with Crippen molar-refractivity contribution >= 4 is 23.4 Å². The number of halogens is 1. The van der Waals surface area contributed by atoms with Crippen LogP contribution in [0.2, 0.25) is 5.02 Å². The van der Waals surface area contributed by atoms with Crippen molar-refractivity contribution in [3.8, 4) is 0 Å². The first-order valence-electron chi connectivity index (χ1n) is 8.51. The SMILES string of the molecule is CCC(C)C(NC(=O)c1ccc(Cl)cc1)C(=O)N1CCC(CN)C1. The fourth-order valence-electron chi connectivity index (χ4n) is 2.93. The van der Waals surface area contributed by atoms with E-state index in [4.69, 9.17) is 17.3 Å². The van der Waals surface area contributed by atoms with Crippen molar-refractivity contribution in [1.82, 2.24) is 10.2 Å². The number of carbonyl (C=O) groups is 2. The molecule has 0 aliphatic carbocycles. The van der Waals surface area contributed by atoms with Crippen molar-refractivity contribution < 1.29 is 9.59 Å². The zero-order chi connectivity index (χ0) is 17.7. The molecule has 1 aliphatic heterocycles. The molecule has 3 atom stereocenters. The predicted octanol–water partition coefficient (Wildman–Crippen LogP) is 2.29. The summed E-state index contributed by atoms with van der Waals surface area (Å²) in [5, 5.41) is 3.48. The van der Waals surface area contributed by atoms with Gasteiger partial charge in [-0.15, -0.1) is 0 Å². The van der Waals surface area contributed by atoms with Crippen LogP contribution >= 0.6 is 11.6 Å². The number of nitrogens with two attached hydrogens (primary N) is 1. The van der Waals surface area contributed by atoms with Crippen LogP contribution in [0.3, 0.4) is 0 Å². The van der Waals surface area contributed by atoms with Gasteiger partial charge in [-0.2, -0.15) is 0 Å². The highest BCUT2D eigenvalue weighted by molar-refractivity contribution is 6.30. The fraction of sp³-hybridized carbons (Fsp3) is 0.556. The molecular formula is C18H26ClN3O2. The summed E-state index contributed by atoms with van der Waals surface area (Å²) >= 11 is 5.86. The van der Waals surface area contributed by atoms with Gasteiger partial charge in [0, 0.05) is 23.7 Å². The second-order valence-corrected chi connectivity index (χ2v) is 6.95. The minimum atomic E-state index is -0.519. The zero-order valence-corrected chi connectivity index (χ0v) is 15.1. The van der Waals surface area contributed by atoms with Gasteiger partial charge in [0.15, 0.2) is 0 Å². The molecule has 3 unspecified atom stereocenters. The van der Waals surface area contributed by atoms with E-state index in [0.717, 1.165) is 12.8 Å². The van der Waals surface area contributed by atoms with Crippen LogP contribution in [0.1, 0.15) is 37.0 Å². The summed E-state index contributed by atoms with van der Waals surface area (Å²) in [4.78, 5) is 27.2. The maximum atomic E-state index is 12.9. The number of hydrogen-bond donors (Lipinski definition) is 2. The van der Waals surface area contributed by atoms with Crippen LogP contribution in [0.5, 0.6) is 0 Å². The quantitative estimate of drug-likeness (QED) is 0.825. The maximum Gasteiger partial charge on any atom is 0.251 e. The van der Waals surface area contributed by atoms with Crippen LogP contribution in [0.4, 0.5) is 0 Å². The van der Waals surface area contributed by atoms with Crippen LogP contribution in [0, 0.1) is 11.8 Å². The van der Waals surface area contributed by atoms with Gasteiger partial charge in [0.1, 0.15) is 6.04 Å². The van der Waals surface area contributed by atoms with Gasteiger partial charge in [-0.3, -0.25) is 9.59 Å². The van der Waals surface area contributed by atoms with E-state index in [2.05, 4.69) is 5.32 Å². The predicted molar refractivity (Wildman–Crippen MR) is 95.9 cm³/mol. The van der Waals surface area contributed by atoms with Gasteiger partial charge >= 0.3 is 0 Å². The molecule has 0 saturated carbocycles. The number of hydrogen-bond acceptors (Lipinski definition) is 3. The van der Waals surface area contributed by atoms with Gasteiger partial charge in [0.2, 0.25) is 5.91 Å². The molecule has 0 bridgehead atoms. The Labute approximate surface area is 148 Å². The molecule has 2 rings (SSSR count). The van der Waals surface area contributed by atoms with Crippen LogP contribution in [-0.2, 0) is 4.79 Å². The first-order chi connectivity index (χ1) is 11.5. The smallest absolute Gasteiger partial charge is 0.251 e. The second-order valence-electron chi connectivity index (χ2n) is 6.52. The lowest BCUT2D eigenvalue weighted by Crippen LogP contribution is -2.51. The van der Waals surface area contributed by atoms with Gasteiger partial charge < -0.3 is 16.0 Å². The third kappa shape index (κ3) is 4.48. The number of carbonyl (C=O) groups excluding carboxylic acids is 2. The van der Waals surface area contributed by atoms with Crippen LogP contribution in [-0.4, -0.2) is 42.4 Å². The molecule has 0 radical (unpaired) electrons. The number of rotatable bonds is 6. The van der Waals surface area contributed by atoms with E-state index in [0.29, 0.717) is 36.1 Å². The van der Waals surface area contributed by atoms with E-state index in [1.807, 2.05) is 18.7 Å². The lowest BCUT2D eigenvalue weighted by atomic mass is 9.97. The van der Waals surface area contributed by atoms with E-state index >= 15 is 0 Å². The number of benzene rings is 1. The molecule has 6 heteroatoms. The number of nitrogens with one attached hydrogen (secondary N) is 1. The van der Waals surface area contributed by atoms with Crippen molar-refractivity contribution in [2.45, 2.75) is 32.7 Å². The summed E-state index contributed by atoms with van der Waals surface area (Å²) in [6.07, 6.45) is 1.74. The van der Waals surface area contributed by atoms with Crippen LogP contribution in [0.25, 0.3) is 0 Å². The van der Waals surface area contributed by atoms with Gasteiger partial charge in [-0.25, -0.2) is 0 Å². The number of likely N-dealkylation sites (tertiary alicyclic amines) is 1. The number of nitrogens with zero attached hydrogens (tertiary/aromatic N) is 1. The summed E-state index contributed by atoms with van der Waals surface area (Å²) in [5.41, 5.74) is 6.21. The maximum absolute atomic E-state index is 12.9. The Kier molecular flexibility index (Phi) is 6.63. The monoisotopic (exact) mass is 351 g/mol. The van der Waals surface area contributed by atoms with Gasteiger partial charge in [0.25, 0.3) is 5.91 Å². The minimum Gasteiger partial charge on any atom is -0.341 e. The number of amides is 2. The summed E-state index contributed by atoms with van der Waals surface area (Å²) in [6, 6.07) is 6.15. The average molecular weight is 352 g/mol. The second kappa shape index (κ2) is 8.49. The summed E-state index contributed by atoms with van der Waals surface area (Å²) in [7, 11) is 0. The first kappa shape index (κ1) is 18.7. The Morgan fingerprint density at radius 1 is 1.38 bits per heavy atom. The third-order valence-electron chi connectivity index (χ3n) is 4.80. The van der Waals surface area contributed by atoms with E-state index in [1.54, 1.807) is 24.3 Å². The fourth-order valence-corrected chi connectivity index (χ4v) is 3.06. The molecule has 3 N–H and O–H groups in total. The highest BCUT2D eigenvalue weighted by Gasteiger charge is 2.33. The molecule has 1 aliphatic rings. The Hall–Kier alpha value is -1.59. The molecule has 24 heavy (non-hydrogen) atoms. The Balaban J connectivity index is 2.09. The molecule has 1 aromatic rings. The van der Waals surface area contributed by atoms with Crippen molar-refractivity contribution in [2.75, 3.05) is 19.6 Å². The van der Waals surface area contributed by atoms with Gasteiger partial charge in [-0.1, -0.05) is 31.9 Å². The van der Waals surface area contributed by atoms with E-state index < -0.39 is 6.04 Å². The lowest BCUT2D eigenvalue weighted by molar-refractivity contribution is -0.133. The first-order valence-corrected chi connectivity index (χ1v) is 8.89. The molecule has 0 aromatic heterocycles. The van der Waals surface area contributed by atoms with Gasteiger partial charge in [0.05, 0.1) is 0 Å². The average Bonchev–Trinajstić information content (AvgIpc) is 3.08. The molecule has 1 fully saturated rings. The molecular weight excluding hydrogens is 326 g/mol. The molecule has 5 nitrogen and oxygen atoms in total. The van der Waals surface area contributed by atoms with E-state index in [-0.39, 0.29) is 17.7 Å². The third-order valence-corrected chi connectivity index (χ3v) is 5.05. The molecule has 132 valence electrons. The highest BCUT2D eigenvalue weighted by atomic mass is 35.5. The van der Waals surface area contributed by atoms with Crippen molar-refractivity contribution in [3.63, 3.8) is 0 Å². The van der Waals surface area contributed by atoms with Crippen LogP contribution in [0.15, 0.2) is 24.3 Å². The summed E-state index contributed by atoms with van der Waals surface area (Å²) in [6.45, 7) is 5.99. The Morgan fingerprint density at radius 3 is 2.58 bits per heavy atom. The normalized spacial score (nSPS) is 19.8. The van der Waals surface area contributed by atoms with E-state index in [1.165, 1.54) is 0 Å². The Morgan fingerprint density at radius 2 is 2.04 bits per heavy atom. The standard InChI is InChI=1S/C18H26ClN3O2/c1-3-12(2)16(18(24)22-9-8-13(10-20)11-22)21-17(23)14-4-6-15(19)7-5-14/h4-7,12-13,16H,3,8-11,20H2,1-2H3,(H,21,23). The van der Waals surface area contributed by atoms with Crippen LogP contribution < -0.4 is 11.1 Å². The van der Waals surface area contributed by atoms with Crippen molar-refractivity contribution in [1.29, 1.82) is 0 Å². The van der Waals surface area contributed by atoms with Crippen molar-refractivity contribution in [2.24, 2.45) is 17.6 Å². The van der Waals surface area contributed by atoms with Crippen molar-refractivity contribution in [3.05, 3.63) is 34.9 Å². The van der Waals surface area contributed by atoms with E-state index in [9.17, 15) is 9.59 Å². The minimum absolute atomic E-state index is 0.0115.